The summed E-state index contributed by atoms with van der Waals surface area (Å²) >= 11 is 0. The first-order valence-corrected chi connectivity index (χ1v) is 11.0. The molecule has 0 saturated heterocycles. The summed E-state index contributed by atoms with van der Waals surface area (Å²) < 4.78 is 32.3. The number of β-amino-alcohol motifs (C(OH)–C–C–N with tert-alkyl or cyclic N) is 2. The van der Waals surface area contributed by atoms with Crippen LogP contribution in [0.2, 0.25) is 0 Å². The first-order chi connectivity index (χ1) is 12.3. The van der Waals surface area contributed by atoms with Crippen molar-refractivity contribution in [3.05, 3.63) is 0 Å². The van der Waals surface area contributed by atoms with E-state index in [2.05, 4.69) is 6.92 Å². The minimum absolute atomic E-state index is 0.0424. The first-order valence-electron chi connectivity index (χ1n) is 9.42. The average Bonchev–Trinajstić information content (AvgIpc) is 2.91. The van der Waals surface area contributed by atoms with E-state index in [1.54, 1.807) is 9.48 Å². The van der Waals surface area contributed by atoms with Crippen LogP contribution in [0, 0.1) is 0 Å². The molecule has 0 amide bonds. The molecule has 0 aliphatic carbocycles. The van der Waals surface area contributed by atoms with Crippen LogP contribution < -0.4 is 0 Å². The Morgan fingerprint density at radius 3 is 2.50 bits per heavy atom. The number of carbonyl (C=O) groups is 1. The van der Waals surface area contributed by atoms with Crippen LogP contribution in [0.4, 0.5) is 0 Å². The molecule has 0 fully saturated rings. The lowest BCUT2D eigenvalue weighted by Gasteiger charge is -2.13. The summed E-state index contributed by atoms with van der Waals surface area (Å²) in [6, 6.07) is 0. The molecule has 0 aromatic heterocycles. The largest absolute Gasteiger partial charge is 0.392 e. The number of nitrogens with zero attached hydrogens (tertiary/aromatic N) is 2. The van der Waals surface area contributed by atoms with Gasteiger partial charge in [0, 0.05) is 6.42 Å². The quantitative estimate of drug-likeness (QED) is 0.220. The van der Waals surface area contributed by atoms with Crippen LogP contribution in [-0.4, -0.2) is 88.9 Å². The minimum Gasteiger partial charge on any atom is -0.392 e. The van der Waals surface area contributed by atoms with Crippen LogP contribution in [0.5, 0.6) is 0 Å². The van der Waals surface area contributed by atoms with Crippen molar-refractivity contribution in [2.24, 2.45) is 0 Å². The SMILES string of the molecule is CCCCCCCCC(=O)C1=[N+](CC(O)CS(=O)(=O)O)CCN1CCO. The molecule has 1 atom stereocenters. The summed E-state index contributed by atoms with van der Waals surface area (Å²) in [6.45, 7) is 3.36. The third kappa shape index (κ3) is 8.57. The first kappa shape index (κ1) is 23.0. The third-order valence-electron chi connectivity index (χ3n) is 4.45. The number of hydrogen-bond acceptors (Lipinski definition) is 6. The van der Waals surface area contributed by atoms with Crippen LogP contribution in [0.15, 0.2) is 0 Å². The molecule has 1 heterocycles. The number of aliphatic hydroxyl groups excluding tert-OH is 2. The van der Waals surface area contributed by atoms with Gasteiger partial charge < -0.3 is 10.2 Å². The molecule has 0 saturated carbocycles. The number of unbranched alkanes of at least 4 members (excludes halogenated alkanes) is 5. The second-order valence-corrected chi connectivity index (χ2v) is 8.32. The van der Waals surface area contributed by atoms with Gasteiger partial charge in [-0.3, -0.25) is 18.8 Å². The smallest absolute Gasteiger partial charge is 0.316 e. The maximum absolute atomic E-state index is 12.6. The summed E-state index contributed by atoms with van der Waals surface area (Å²) in [7, 11) is -4.28. The van der Waals surface area contributed by atoms with Crippen molar-refractivity contribution in [1.29, 1.82) is 0 Å². The minimum atomic E-state index is -4.28. The Kier molecular flexibility index (Phi) is 10.3. The number of rotatable bonds is 14. The number of aliphatic hydroxyl groups is 2. The van der Waals surface area contributed by atoms with E-state index in [-0.39, 0.29) is 18.9 Å². The molecule has 0 aromatic carbocycles. The van der Waals surface area contributed by atoms with Crippen molar-refractivity contribution < 1.29 is 32.6 Å². The number of carbonyl (C=O) groups excluding carboxylic acids is 1. The summed E-state index contributed by atoms with van der Waals surface area (Å²) in [5.41, 5.74) is 0. The van der Waals surface area contributed by atoms with E-state index in [1.807, 2.05) is 0 Å². The predicted molar refractivity (Wildman–Crippen MR) is 99.1 cm³/mol. The number of Topliss-reactive ketones (excluding diaryl/α,β-unsaturated/α-hetero) is 1. The Labute approximate surface area is 156 Å². The highest BCUT2D eigenvalue weighted by molar-refractivity contribution is 7.85. The lowest BCUT2D eigenvalue weighted by Crippen LogP contribution is -2.40. The second kappa shape index (κ2) is 11.6. The molecule has 26 heavy (non-hydrogen) atoms. The normalized spacial score (nSPS) is 16.4. The zero-order valence-electron chi connectivity index (χ0n) is 15.6. The van der Waals surface area contributed by atoms with E-state index in [0.29, 0.717) is 31.9 Å². The lowest BCUT2D eigenvalue weighted by atomic mass is 10.1. The summed E-state index contributed by atoms with van der Waals surface area (Å²) in [4.78, 5) is 14.4. The van der Waals surface area contributed by atoms with Crippen molar-refractivity contribution in [1.82, 2.24) is 4.90 Å². The van der Waals surface area contributed by atoms with E-state index in [0.717, 1.165) is 19.3 Å². The van der Waals surface area contributed by atoms with E-state index < -0.39 is 22.0 Å². The molecular weight excluding hydrogens is 360 g/mol. The third-order valence-corrected chi connectivity index (χ3v) is 5.26. The molecule has 8 nitrogen and oxygen atoms in total. The highest BCUT2D eigenvalue weighted by Gasteiger charge is 2.36. The Hall–Kier alpha value is -1.03. The Bertz CT molecular complexity index is 576. The van der Waals surface area contributed by atoms with Gasteiger partial charge in [-0.2, -0.15) is 8.42 Å². The molecule has 1 rings (SSSR count). The van der Waals surface area contributed by atoms with Gasteiger partial charge in [-0.1, -0.05) is 39.0 Å². The van der Waals surface area contributed by atoms with Gasteiger partial charge in [0.15, 0.2) is 0 Å². The Morgan fingerprint density at radius 2 is 1.88 bits per heavy atom. The molecule has 0 radical (unpaired) electrons. The summed E-state index contributed by atoms with van der Waals surface area (Å²) in [6.07, 6.45) is 5.55. The van der Waals surface area contributed by atoms with Crippen LogP contribution >= 0.6 is 0 Å². The zero-order valence-corrected chi connectivity index (χ0v) is 16.5. The van der Waals surface area contributed by atoms with E-state index >= 15 is 0 Å². The van der Waals surface area contributed by atoms with Gasteiger partial charge in [-0.05, 0) is 6.42 Å². The molecule has 0 aromatic rings. The van der Waals surface area contributed by atoms with Crippen molar-refractivity contribution >= 4 is 21.7 Å². The average molecular weight is 394 g/mol. The van der Waals surface area contributed by atoms with Crippen molar-refractivity contribution in [2.75, 3.05) is 38.5 Å². The standard InChI is InChI=1S/C17H32N2O6S/c1-2-3-4-5-6-7-8-16(22)17-18(11-12-20)9-10-19(17)13-15(21)14-26(23,24)25/h15,20-21H,2-14H2,1H3/p+1. The fourth-order valence-electron chi connectivity index (χ4n) is 3.25. The molecule has 1 aliphatic rings. The van der Waals surface area contributed by atoms with Crippen molar-refractivity contribution in [2.45, 2.75) is 58.0 Å². The van der Waals surface area contributed by atoms with E-state index in [9.17, 15) is 23.4 Å². The zero-order chi connectivity index (χ0) is 19.6. The van der Waals surface area contributed by atoms with Gasteiger partial charge >= 0.3 is 5.84 Å². The van der Waals surface area contributed by atoms with Gasteiger partial charge in [0.25, 0.3) is 10.1 Å². The van der Waals surface area contributed by atoms with Gasteiger partial charge in [-0.25, -0.2) is 0 Å². The van der Waals surface area contributed by atoms with Crippen molar-refractivity contribution in [3.8, 4) is 0 Å². The number of ketones is 1. The molecule has 0 bridgehead atoms. The molecule has 1 aliphatic heterocycles. The van der Waals surface area contributed by atoms with Crippen LogP contribution in [0.1, 0.15) is 51.9 Å². The molecule has 152 valence electrons. The fourth-order valence-corrected chi connectivity index (χ4v) is 3.84. The fraction of sp³-hybridized carbons (Fsp3) is 0.882. The summed E-state index contributed by atoms with van der Waals surface area (Å²) in [5, 5.41) is 19.1. The number of hydrogen-bond donors (Lipinski definition) is 3. The Morgan fingerprint density at radius 1 is 1.23 bits per heavy atom. The highest BCUT2D eigenvalue weighted by Crippen LogP contribution is 2.11. The van der Waals surface area contributed by atoms with Gasteiger partial charge in [0.1, 0.15) is 38.0 Å². The van der Waals surface area contributed by atoms with Crippen molar-refractivity contribution in [3.63, 3.8) is 0 Å². The maximum Gasteiger partial charge on any atom is 0.316 e. The van der Waals surface area contributed by atoms with E-state index in [1.165, 1.54) is 19.3 Å². The van der Waals surface area contributed by atoms with E-state index in [4.69, 9.17) is 4.55 Å². The Balaban J connectivity index is 2.68. The van der Waals surface area contributed by atoms with Gasteiger partial charge in [0.05, 0.1) is 6.61 Å². The van der Waals surface area contributed by atoms with Crippen LogP contribution in [-0.2, 0) is 14.9 Å². The maximum atomic E-state index is 12.6. The molecule has 3 N–H and O–H groups in total. The highest BCUT2D eigenvalue weighted by atomic mass is 32.2. The second-order valence-electron chi connectivity index (χ2n) is 6.82. The predicted octanol–water partition coefficient (Wildman–Crippen LogP) is 0.274. The lowest BCUT2D eigenvalue weighted by molar-refractivity contribution is -0.525. The number of amidine groups is 1. The molecule has 1 unspecified atom stereocenters. The van der Waals surface area contributed by atoms with Crippen LogP contribution in [0.25, 0.3) is 0 Å². The summed E-state index contributed by atoms with van der Waals surface area (Å²) in [5.74, 6) is -0.380. The van der Waals surface area contributed by atoms with Crippen LogP contribution in [0.3, 0.4) is 0 Å². The molecule has 0 spiro atoms. The monoisotopic (exact) mass is 393 g/mol. The van der Waals surface area contributed by atoms with Gasteiger partial charge in [0.2, 0.25) is 5.78 Å². The molecular formula is C17H33N2O6S+. The molecule has 9 heteroatoms. The van der Waals surface area contributed by atoms with Gasteiger partial charge in [-0.15, -0.1) is 0 Å². The topological polar surface area (TPSA) is 118 Å².